The van der Waals surface area contributed by atoms with Crippen molar-refractivity contribution in [1.82, 2.24) is 0 Å². The highest BCUT2D eigenvalue weighted by molar-refractivity contribution is 6.04. The minimum Gasteiger partial charge on any atom is -0.381 e. The average molecular weight is 324 g/mol. The number of carbonyl (C=O) groups excluding carboxylic acids is 1. The van der Waals surface area contributed by atoms with Gasteiger partial charge in [0.05, 0.1) is 6.10 Å². The quantitative estimate of drug-likeness (QED) is 0.928. The molecular formula is C20H24N2O2. The van der Waals surface area contributed by atoms with Crippen molar-refractivity contribution in [3.63, 3.8) is 0 Å². The van der Waals surface area contributed by atoms with Gasteiger partial charge < -0.3 is 15.0 Å². The number of aryl methyl sites for hydroxylation is 1. The van der Waals surface area contributed by atoms with Gasteiger partial charge in [-0.15, -0.1) is 0 Å². The fourth-order valence-electron chi connectivity index (χ4n) is 3.09. The van der Waals surface area contributed by atoms with Crippen molar-refractivity contribution in [1.29, 1.82) is 0 Å². The summed E-state index contributed by atoms with van der Waals surface area (Å²) in [7, 11) is 1.78. The smallest absolute Gasteiger partial charge is 0.255 e. The summed E-state index contributed by atoms with van der Waals surface area (Å²) in [5.74, 6) is -0.0765. The van der Waals surface area contributed by atoms with Gasteiger partial charge in [-0.25, -0.2) is 0 Å². The largest absolute Gasteiger partial charge is 0.381 e. The Bertz CT molecular complexity index is 689. The molecule has 3 rings (SSSR count). The number of methoxy groups -OCH3 is 1. The van der Waals surface area contributed by atoms with Crippen LogP contribution in [0.15, 0.2) is 48.5 Å². The number of carbonyl (C=O) groups is 1. The third-order valence-corrected chi connectivity index (χ3v) is 4.55. The molecule has 1 amide bonds. The molecule has 0 saturated carbocycles. The van der Waals surface area contributed by atoms with Gasteiger partial charge in [0, 0.05) is 37.1 Å². The Morgan fingerprint density at radius 1 is 1.12 bits per heavy atom. The lowest BCUT2D eigenvalue weighted by Crippen LogP contribution is -2.36. The van der Waals surface area contributed by atoms with E-state index in [-0.39, 0.29) is 5.91 Å². The van der Waals surface area contributed by atoms with Crippen molar-refractivity contribution in [2.75, 3.05) is 30.4 Å². The lowest BCUT2D eigenvalue weighted by molar-refractivity contribution is 0.0819. The molecule has 0 unspecified atom stereocenters. The molecule has 1 N–H and O–H groups in total. The maximum Gasteiger partial charge on any atom is 0.255 e. The number of benzene rings is 2. The number of nitrogens with one attached hydrogen (secondary N) is 1. The van der Waals surface area contributed by atoms with Crippen molar-refractivity contribution in [2.45, 2.75) is 25.9 Å². The predicted molar refractivity (Wildman–Crippen MR) is 97.8 cm³/mol. The number of hydrogen-bond donors (Lipinski definition) is 1. The first-order valence-electron chi connectivity index (χ1n) is 8.41. The Morgan fingerprint density at radius 2 is 1.83 bits per heavy atom. The topological polar surface area (TPSA) is 41.6 Å². The summed E-state index contributed by atoms with van der Waals surface area (Å²) in [5, 5.41) is 2.95. The molecule has 2 aromatic rings. The molecule has 0 aliphatic carbocycles. The van der Waals surface area contributed by atoms with Crippen LogP contribution in [-0.2, 0) is 4.74 Å². The van der Waals surface area contributed by atoms with Crippen LogP contribution in [0.25, 0.3) is 0 Å². The normalized spacial score (nSPS) is 15.3. The Hall–Kier alpha value is -2.33. The number of anilines is 2. The van der Waals surface area contributed by atoms with Crippen LogP contribution in [0.3, 0.4) is 0 Å². The Kier molecular flexibility index (Phi) is 5.16. The van der Waals surface area contributed by atoms with Crippen molar-refractivity contribution < 1.29 is 9.53 Å². The average Bonchev–Trinajstić information content (AvgIpc) is 2.62. The highest BCUT2D eigenvalue weighted by Crippen LogP contribution is 2.23. The van der Waals surface area contributed by atoms with E-state index in [1.165, 1.54) is 5.69 Å². The van der Waals surface area contributed by atoms with E-state index in [4.69, 9.17) is 4.74 Å². The second-order valence-electron chi connectivity index (χ2n) is 6.29. The van der Waals surface area contributed by atoms with Gasteiger partial charge in [-0.1, -0.05) is 17.7 Å². The van der Waals surface area contributed by atoms with E-state index in [1.807, 2.05) is 43.3 Å². The van der Waals surface area contributed by atoms with Gasteiger partial charge >= 0.3 is 0 Å². The van der Waals surface area contributed by atoms with Crippen LogP contribution in [0.4, 0.5) is 11.4 Å². The first kappa shape index (κ1) is 16.5. The van der Waals surface area contributed by atoms with E-state index in [9.17, 15) is 4.79 Å². The third-order valence-electron chi connectivity index (χ3n) is 4.55. The number of piperidine rings is 1. The number of ether oxygens (including phenoxy) is 1. The molecule has 0 radical (unpaired) electrons. The van der Waals surface area contributed by atoms with Gasteiger partial charge in [0.2, 0.25) is 0 Å². The molecule has 1 aliphatic rings. The molecule has 4 nitrogen and oxygen atoms in total. The van der Waals surface area contributed by atoms with Crippen molar-refractivity contribution in [2.24, 2.45) is 0 Å². The fraction of sp³-hybridized carbons (Fsp3) is 0.350. The summed E-state index contributed by atoms with van der Waals surface area (Å²) < 4.78 is 5.41. The van der Waals surface area contributed by atoms with Crippen LogP contribution in [0.2, 0.25) is 0 Å². The molecule has 126 valence electrons. The Balaban J connectivity index is 1.61. The van der Waals surface area contributed by atoms with Crippen LogP contribution >= 0.6 is 0 Å². The predicted octanol–water partition coefficient (Wildman–Crippen LogP) is 3.86. The van der Waals surface area contributed by atoms with E-state index in [2.05, 4.69) is 22.3 Å². The lowest BCUT2D eigenvalue weighted by atomic mass is 10.1. The standard InChI is InChI=1S/C20H24N2O2/c1-15-4-3-5-16(14-15)20(23)21-17-6-8-18(9-7-17)22-12-10-19(24-2)11-13-22/h3-9,14,19H,10-13H2,1-2H3,(H,21,23). The lowest BCUT2D eigenvalue weighted by Gasteiger charge is -2.33. The fourth-order valence-corrected chi connectivity index (χ4v) is 3.09. The Labute approximate surface area is 143 Å². The second-order valence-corrected chi connectivity index (χ2v) is 6.29. The highest BCUT2D eigenvalue weighted by Gasteiger charge is 2.18. The molecule has 0 bridgehead atoms. The number of hydrogen-bond acceptors (Lipinski definition) is 3. The van der Waals surface area contributed by atoms with E-state index in [0.29, 0.717) is 11.7 Å². The molecule has 1 saturated heterocycles. The number of amides is 1. The zero-order chi connectivity index (χ0) is 16.9. The first-order valence-corrected chi connectivity index (χ1v) is 8.41. The van der Waals surface area contributed by atoms with Crippen LogP contribution in [0.1, 0.15) is 28.8 Å². The van der Waals surface area contributed by atoms with Gasteiger partial charge in [0.1, 0.15) is 0 Å². The van der Waals surface area contributed by atoms with Gasteiger partial charge in [0.25, 0.3) is 5.91 Å². The minimum atomic E-state index is -0.0765. The zero-order valence-corrected chi connectivity index (χ0v) is 14.3. The van der Waals surface area contributed by atoms with E-state index in [0.717, 1.165) is 37.2 Å². The summed E-state index contributed by atoms with van der Waals surface area (Å²) in [6, 6.07) is 15.7. The summed E-state index contributed by atoms with van der Waals surface area (Å²) in [6.45, 7) is 4.00. The van der Waals surface area contributed by atoms with Crippen LogP contribution in [0, 0.1) is 6.92 Å². The first-order chi connectivity index (χ1) is 11.7. The molecule has 2 aromatic carbocycles. The third kappa shape index (κ3) is 3.95. The number of rotatable bonds is 4. The maximum absolute atomic E-state index is 12.3. The Morgan fingerprint density at radius 3 is 2.46 bits per heavy atom. The molecule has 1 fully saturated rings. The molecule has 0 atom stereocenters. The molecule has 24 heavy (non-hydrogen) atoms. The monoisotopic (exact) mass is 324 g/mol. The van der Waals surface area contributed by atoms with Gasteiger partial charge in [-0.05, 0) is 56.2 Å². The zero-order valence-electron chi connectivity index (χ0n) is 14.3. The van der Waals surface area contributed by atoms with Gasteiger partial charge in [0.15, 0.2) is 0 Å². The van der Waals surface area contributed by atoms with Crippen LogP contribution in [0.5, 0.6) is 0 Å². The van der Waals surface area contributed by atoms with Crippen molar-refractivity contribution in [3.8, 4) is 0 Å². The van der Waals surface area contributed by atoms with Gasteiger partial charge in [-0.2, -0.15) is 0 Å². The molecule has 4 heteroatoms. The van der Waals surface area contributed by atoms with E-state index < -0.39 is 0 Å². The minimum absolute atomic E-state index is 0.0765. The molecule has 0 aromatic heterocycles. The summed E-state index contributed by atoms with van der Waals surface area (Å²) >= 11 is 0. The number of nitrogens with zero attached hydrogens (tertiary/aromatic N) is 1. The van der Waals surface area contributed by atoms with E-state index in [1.54, 1.807) is 7.11 Å². The molecule has 0 spiro atoms. The van der Waals surface area contributed by atoms with Crippen molar-refractivity contribution in [3.05, 3.63) is 59.7 Å². The molecule has 1 heterocycles. The summed E-state index contributed by atoms with van der Waals surface area (Å²) in [5.41, 5.74) is 3.77. The molecule has 1 aliphatic heterocycles. The SMILES string of the molecule is COC1CCN(c2ccc(NC(=O)c3cccc(C)c3)cc2)CC1. The van der Waals surface area contributed by atoms with Crippen LogP contribution < -0.4 is 10.2 Å². The van der Waals surface area contributed by atoms with E-state index >= 15 is 0 Å². The van der Waals surface area contributed by atoms with Gasteiger partial charge in [-0.3, -0.25) is 4.79 Å². The second kappa shape index (κ2) is 7.49. The summed E-state index contributed by atoms with van der Waals surface area (Å²) in [6.07, 6.45) is 2.50. The van der Waals surface area contributed by atoms with Crippen molar-refractivity contribution >= 4 is 17.3 Å². The maximum atomic E-state index is 12.3. The highest BCUT2D eigenvalue weighted by atomic mass is 16.5. The molecular weight excluding hydrogens is 300 g/mol. The summed E-state index contributed by atoms with van der Waals surface area (Å²) in [4.78, 5) is 14.6. The van der Waals surface area contributed by atoms with Crippen LogP contribution in [-0.4, -0.2) is 32.2 Å².